The quantitative estimate of drug-likeness (QED) is 0.779. The number of aromatic nitrogens is 2. The van der Waals surface area contributed by atoms with Gasteiger partial charge in [-0.3, -0.25) is 14.3 Å². The predicted octanol–water partition coefficient (Wildman–Crippen LogP) is 3.19. The van der Waals surface area contributed by atoms with Crippen LogP contribution in [0, 0.1) is 6.92 Å². The summed E-state index contributed by atoms with van der Waals surface area (Å²) in [7, 11) is 0. The summed E-state index contributed by atoms with van der Waals surface area (Å²) in [6, 6.07) is 0. The minimum atomic E-state index is -0.00303. The molecule has 2 fully saturated rings. The molecule has 0 aromatic carbocycles. The molecule has 7 nitrogen and oxygen atoms in total. The Morgan fingerprint density at radius 1 is 0.967 bits per heavy atom. The number of carbonyl (C=O) groups is 2. The number of furan rings is 1. The molecule has 3 aliphatic rings. The third-order valence-corrected chi connectivity index (χ3v) is 6.76. The molecular formula is C23H30N4O3. The number of likely N-dealkylation sites (tertiary alicyclic amines) is 2. The van der Waals surface area contributed by atoms with Gasteiger partial charge in [0.1, 0.15) is 12.3 Å². The summed E-state index contributed by atoms with van der Waals surface area (Å²) in [5.41, 5.74) is 3.85. The lowest BCUT2D eigenvalue weighted by atomic mass is 9.93. The van der Waals surface area contributed by atoms with Gasteiger partial charge in [0.05, 0.1) is 5.69 Å². The van der Waals surface area contributed by atoms with Gasteiger partial charge in [-0.25, -0.2) is 0 Å². The highest BCUT2D eigenvalue weighted by Crippen LogP contribution is 2.38. The Balaban J connectivity index is 1.39. The lowest BCUT2D eigenvalue weighted by molar-refractivity contribution is -0.132. The summed E-state index contributed by atoms with van der Waals surface area (Å²) in [5.74, 6) is 1.46. The lowest BCUT2D eigenvalue weighted by Gasteiger charge is -2.20. The van der Waals surface area contributed by atoms with Crippen molar-refractivity contribution in [1.29, 1.82) is 0 Å². The van der Waals surface area contributed by atoms with E-state index in [0.29, 0.717) is 5.76 Å². The van der Waals surface area contributed by atoms with Gasteiger partial charge in [0.2, 0.25) is 5.91 Å². The second-order valence-corrected chi connectivity index (χ2v) is 8.85. The number of hydrogen-bond acceptors (Lipinski definition) is 4. The first-order valence-corrected chi connectivity index (χ1v) is 11.4. The van der Waals surface area contributed by atoms with Gasteiger partial charge < -0.3 is 14.2 Å². The van der Waals surface area contributed by atoms with Crippen LogP contribution < -0.4 is 0 Å². The number of aryl methyl sites for hydroxylation is 2. The fraction of sp³-hybridized carbons (Fsp3) is 0.609. The summed E-state index contributed by atoms with van der Waals surface area (Å²) < 4.78 is 7.83. The number of carbonyl (C=O) groups excluding carboxylic acids is 2. The molecule has 2 aliphatic heterocycles. The van der Waals surface area contributed by atoms with E-state index in [-0.39, 0.29) is 18.4 Å². The van der Waals surface area contributed by atoms with Crippen LogP contribution >= 0.6 is 0 Å². The Labute approximate surface area is 177 Å². The van der Waals surface area contributed by atoms with Crippen molar-refractivity contribution in [1.82, 2.24) is 19.6 Å². The van der Waals surface area contributed by atoms with Crippen molar-refractivity contribution in [2.75, 3.05) is 26.2 Å². The zero-order valence-electron chi connectivity index (χ0n) is 17.8. The zero-order valence-corrected chi connectivity index (χ0v) is 17.8. The summed E-state index contributed by atoms with van der Waals surface area (Å²) in [5, 5.41) is 4.77. The summed E-state index contributed by atoms with van der Waals surface area (Å²) in [4.78, 5) is 29.6. The topological polar surface area (TPSA) is 71.6 Å². The standard InChI is InChI=1S/C23H30N4O3/c1-16-20-18(30-22(16)23(29)26-12-6-7-13-26)9-8-17-14-27(24-21(17)20)15-19(28)25-10-4-2-3-5-11-25/h14H,2-13,15H2,1H3. The van der Waals surface area contributed by atoms with Crippen molar-refractivity contribution in [3.05, 3.63) is 28.8 Å². The molecule has 0 N–H and O–H groups in total. The molecule has 5 rings (SSSR count). The minimum absolute atomic E-state index is 0.00303. The molecule has 0 saturated carbocycles. The average molecular weight is 411 g/mol. The van der Waals surface area contributed by atoms with Crippen LogP contribution in [0.3, 0.4) is 0 Å². The third-order valence-electron chi connectivity index (χ3n) is 6.76. The molecular weight excluding hydrogens is 380 g/mol. The van der Waals surface area contributed by atoms with Gasteiger partial charge in [0, 0.05) is 49.9 Å². The first-order chi connectivity index (χ1) is 14.6. The summed E-state index contributed by atoms with van der Waals surface area (Å²) in [6.07, 6.45) is 10.3. The van der Waals surface area contributed by atoms with Crippen molar-refractivity contribution in [3.63, 3.8) is 0 Å². The van der Waals surface area contributed by atoms with Crippen LogP contribution in [0.4, 0.5) is 0 Å². The van der Waals surface area contributed by atoms with Crippen LogP contribution in [-0.2, 0) is 24.2 Å². The molecule has 160 valence electrons. The van der Waals surface area contributed by atoms with Crippen molar-refractivity contribution in [2.45, 2.75) is 64.8 Å². The molecule has 2 aromatic heterocycles. The number of hydrogen-bond donors (Lipinski definition) is 0. The maximum atomic E-state index is 12.9. The van der Waals surface area contributed by atoms with Gasteiger partial charge in [-0.1, -0.05) is 12.8 Å². The summed E-state index contributed by atoms with van der Waals surface area (Å²) >= 11 is 0. The van der Waals surface area contributed by atoms with Crippen LogP contribution in [0.15, 0.2) is 10.6 Å². The smallest absolute Gasteiger partial charge is 0.289 e. The summed E-state index contributed by atoms with van der Waals surface area (Å²) in [6.45, 7) is 5.56. The monoisotopic (exact) mass is 410 g/mol. The van der Waals surface area contributed by atoms with E-state index < -0.39 is 0 Å². The second kappa shape index (κ2) is 7.93. The first kappa shape index (κ1) is 19.4. The van der Waals surface area contributed by atoms with Gasteiger partial charge >= 0.3 is 0 Å². The van der Waals surface area contributed by atoms with E-state index in [4.69, 9.17) is 9.52 Å². The highest BCUT2D eigenvalue weighted by molar-refractivity contribution is 5.95. The fourth-order valence-corrected chi connectivity index (χ4v) is 5.07. The molecule has 2 amide bonds. The van der Waals surface area contributed by atoms with Crippen molar-refractivity contribution in [3.8, 4) is 11.3 Å². The Kier molecular flexibility index (Phi) is 5.13. The van der Waals surface area contributed by atoms with Gasteiger partial charge in [-0.2, -0.15) is 5.10 Å². The number of rotatable bonds is 3. The van der Waals surface area contributed by atoms with Crippen LogP contribution in [0.5, 0.6) is 0 Å². The number of fused-ring (bicyclic) bond motifs is 3. The molecule has 0 atom stereocenters. The van der Waals surface area contributed by atoms with E-state index in [1.54, 1.807) is 4.68 Å². The Morgan fingerprint density at radius 2 is 1.63 bits per heavy atom. The van der Waals surface area contributed by atoms with Crippen molar-refractivity contribution in [2.24, 2.45) is 0 Å². The SMILES string of the molecule is Cc1c(C(=O)N2CCCC2)oc2c1-c1nn(CC(=O)N3CCCCCC3)cc1CC2. The highest BCUT2D eigenvalue weighted by Gasteiger charge is 2.32. The van der Waals surface area contributed by atoms with Crippen LogP contribution in [-0.4, -0.2) is 57.6 Å². The lowest BCUT2D eigenvalue weighted by Crippen LogP contribution is -2.34. The minimum Gasteiger partial charge on any atom is -0.455 e. The van der Waals surface area contributed by atoms with Crippen molar-refractivity contribution >= 4 is 11.8 Å². The first-order valence-electron chi connectivity index (χ1n) is 11.4. The molecule has 0 spiro atoms. The van der Waals surface area contributed by atoms with Gasteiger partial charge in [-0.05, 0) is 44.6 Å². The molecule has 0 bridgehead atoms. The molecule has 4 heterocycles. The Morgan fingerprint density at radius 3 is 2.37 bits per heavy atom. The third kappa shape index (κ3) is 3.44. The predicted molar refractivity (Wildman–Crippen MR) is 112 cm³/mol. The molecule has 0 radical (unpaired) electrons. The normalized spacial score (nSPS) is 18.8. The Hall–Kier alpha value is -2.57. The maximum Gasteiger partial charge on any atom is 0.289 e. The molecule has 7 heteroatoms. The Bertz CT molecular complexity index is 959. The van der Waals surface area contributed by atoms with Gasteiger partial charge in [0.25, 0.3) is 5.91 Å². The van der Waals surface area contributed by atoms with Gasteiger partial charge in [-0.15, -0.1) is 0 Å². The van der Waals surface area contributed by atoms with E-state index in [2.05, 4.69) is 0 Å². The molecule has 2 aromatic rings. The average Bonchev–Trinajstić information content (AvgIpc) is 3.42. The number of nitrogens with zero attached hydrogens (tertiary/aromatic N) is 4. The molecule has 0 unspecified atom stereocenters. The van der Waals surface area contributed by atoms with E-state index in [1.807, 2.05) is 22.9 Å². The molecule has 1 aliphatic carbocycles. The molecule has 30 heavy (non-hydrogen) atoms. The fourth-order valence-electron chi connectivity index (χ4n) is 5.07. The van der Waals surface area contributed by atoms with Crippen LogP contribution in [0.2, 0.25) is 0 Å². The highest BCUT2D eigenvalue weighted by atomic mass is 16.4. The van der Waals surface area contributed by atoms with E-state index in [9.17, 15) is 9.59 Å². The largest absolute Gasteiger partial charge is 0.455 e. The van der Waals surface area contributed by atoms with Crippen LogP contribution in [0.1, 0.15) is 66.0 Å². The molecule has 2 saturated heterocycles. The van der Waals surface area contributed by atoms with Gasteiger partial charge in [0.15, 0.2) is 5.76 Å². The van der Waals surface area contributed by atoms with Crippen LogP contribution in [0.25, 0.3) is 11.3 Å². The number of amides is 2. The van der Waals surface area contributed by atoms with E-state index >= 15 is 0 Å². The zero-order chi connectivity index (χ0) is 20.7. The maximum absolute atomic E-state index is 12.9. The van der Waals surface area contributed by atoms with E-state index in [1.165, 1.54) is 12.8 Å². The van der Waals surface area contributed by atoms with E-state index in [0.717, 1.165) is 92.8 Å². The van der Waals surface area contributed by atoms with Crippen molar-refractivity contribution < 1.29 is 14.0 Å². The second-order valence-electron chi connectivity index (χ2n) is 8.85.